The van der Waals surface area contributed by atoms with E-state index in [4.69, 9.17) is 9.29 Å². The maximum atomic E-state index is 11.0. The number of fused-ring (bicyclic) bond motifs is 2. The zero-order chi connectivity index (χ0) is 16.6. The molecule has 23 heavy (non-hydrogen) atoms. The predicted molar refractivity (Wildman–Crippen MR) is 90.5 cm³/mol. The Balaban J connectivity index is 1.97. The molecule has 0 fully saturated rings. The Labute approximate surface area is 136 Å². The predicted octanol–water partition coefficient (Wildman–Crippen LogP) is 3.83. The molecule has 0 amide bonds. The highest BCUT2D eigenvalue weighted by Crippen LogP contribution is 2.47. The van der Waals surface area contributed by atoms with Crippen LogP contribution in [0.25, 0.3) is 0 Å². The van der Waals surface area contributed by atoms with Gasteiger partial charge in [0.05, 0.1) is 17.1 Å². The van der Waals surface area contributed by atoms with Crippen LogP contribution < -0.4 is 9.64 Å². The van der Waals surface area contributed by atoms with E-state index in [0.29, 0.717) is 13.0 Å². The van der Waals surface area contributed by atoms with Crippen LogP contribution in [0, 0.1) is 13.8 Å². The maximum Gasteiger partial charge on any atom is 0.264 e. The molecule has 1 aliphatic heterocycles. The minimum absolute atomic E-state index is 0.257. The first-order chi connectivity index (χ1) is 10.8. The zero-order valence-corrected chi connectivity index (χ0v) is 13.9. The van der Waals surface area contributed by atoms with Gasteiger partial charge in [-0.15, -0.1) is 0 Å². The lowest BCUT2D eigenvalue weighted by Crippen LogP contribution is -2.24. The van der Waals surface area contributed by atoms with Gasteiger partial charge in [0.2, 0.25) is 0 Å². The third-order valence-electron chi connectivity index (χ3n) is 3.82. The van der Waals surface area contributed by atoms with Crippen molar-refractivity contribution in [3.05, 3.63) is 47.5 Å². The summed E-state index contributed by atoms with van der Waals surface area (Å²) in [7, 11) is -3.95. The molecular formula is C17H19NO4S. The molecule has 6 heteroatoms. The SMILES string of the molecule is Cc1ccc2c(c1)Oc1cc(C)ccc1N2CCCS(=O)(=O)O. The number of hydrogen-bond donors (Lipinski definition) is 1. The van der Waals surface area contributed by atoms with E-state index in [9.17, 15) is 8.42 Å². The van der Waals surface area contributed by atoms with Crippen molar-refractivity contribution in [1.29, 1.82) is 0 Å². The lowest BCUT2D eigenvalue weighted by molar-refractivity contribution is 0.470. The Morgan fingerprint density at radius 3 is 2.00 bits per heavy atom. The normalized spacial score (nSPS) is 13.3. The quantitative estimate of drug-likeness (QED) is 0.862. The monoisotopic (exact) mass is 333 g/mol. The summed E-state index contributed by atoms with van der Waals surface area (Å²) in [5.41, 5.74) is 4.00. The van der Waals surface area contributed by atoms with Crippen LogP contribution in [0.2, 0.25) is 0 Å². The third-order valence-corrected chi connectivity index (χ3v) is 4.62. The van der Waals surface area contributed by atoms with Gasteiger partial charge in [-0.1, -0.05) is 12.1 Å². The minimum Gasteiger partial charge on any atom is -0.453 e. The molecule has 0 atom stereocenters. The molecule has 0 aromatic heterocycles. The highest BCUT2D eigenvalue weighted by atomic mass is 32.2. The van der Waals surface area contributed by atoms with Crippen LogP contribution in [0.1, 0.15) is 17.5 Å². The molecule has 0 spiro atoms. The van der Waals surface area contributed by atoms with Crippen molar-refractivity contribution in [2.75, 3.05) is 17.2 Å². The maximum absolute atomic E-state index is 11.0. The first-order valence-corrected chi connectivity index (χ1v) is 9.06. The molecule has 122 valence electrons. The second-order valence-electron chi connectivity index (χ2n) is 5.84. The first kappa shape index (κ1) is 15.8. The van der Waals surface area contributed by atoms with Crippen LogP contribution in [-0.4, -0.2) is 25.3 Å². The summed E-state index contributed by atoms with van der Waals surface area (Å²) in [6, 6.07) is 11.9. The van der Waals surface area contributed by atoms with Gasteiger partial charge in [0.1, 0.15) is 0 Å². The molecule has 3 rings (SSSR count). The van der Waals surface area contributed by atoms with Crippen molar-refractivity contribution in [3.63, 3.8) is 0 Å². The number of ether oxygens (including phenoxy) is 1. The molecule has 1 aliphatic rings. The number of aryl methyl sites for hydroxylation is 2. The second kappa shape index (κ2) is 5.86. The van der Waals surface area contributed by atoms with E-state index in [0.717, 1.165) is 34.0 Å². The molecule has 0 saturated heterocycles. The molecule has 2 aromatic carbocycles. The van der Waals surface area contributed by atoms with Crippen LogP contribution in [-0.2, 0) is 10.1 Å². The topological polar surface area (TPSA) is 66.8 Å². The number of hydrogen-bond acceptors (Lipinski definition) is 4. The second-order valence-corrected chi connectivity index (χ2v) is 7.41. The zero-order valence-electron chi connectivity index (χ0n) is 13.1. The van der Waals surface area contributed by atoms with Gasteiger partial charge in [0, 0.05) is 6.54 Å². The fourth-order valence-corrected chi connectivity index (χ4v) is 3.24. The fourth-order valence-electron chi connectivity index (χ4n) is 2.75. The van der Waals surface area contributed by atoms with E-state index in [1.165, 1.54) is 0 Å². The lowest BCUT2D eigenvalue weighted by Gasteiger charge is -2.33. The molecule has 0 aliphatic carbocycles. The van der Waals surface area contributed by atoms with E-state index < -0.39 is 10.1 Å². The van der Waals surface area contributed by atoms with Gasteiger partial charge >= 0.3 is 0 Å². The standard InChI is InChI=1S/C17H19NO4S/c1-12-4-6-14-16(10-12)22-17-11-13(2)5-7-15(17)18(14)8-3-9-23(19,20)21/h4-7,10-11H,3,8-9H2,1-2H3,(H,19,20,21). The number of anilines is 2. The van der Waals surface area contributed by atoms with E-state index in [-0.39, 0.29) is 5.75 Å². The van der Waals surface area contributed by atoms with E-state index >= 15 is 0 Å². The average molecular weight is 333 g/mol. The van der Waals surface area contributed by atoms with Crippen molar-refractivity contribution < 1.29 is 17.7 Å². The molecule has 1 N–H and O–H groups in total. The smallest absolute Gasteiger partial charge is 0.264 e. The fraction of sp³-hybridized carbons (Fsp3) is 0.294. The average Bonchev–Trinajstić information content (AvgIpc) is 2.44. The Morgan fingerprint density at radius 1 is 1.00 bits per heavy atom. The third kappa shape index (κ3) is 3.48. The van der Waals surface area contributed by atoms with Crippen molar-refractivity contribution in [2.45, 2.75) is 20.3 Å². The van der Waals surface area contributed by atoms with Crippen LogP contribution >= 0.6 is 0 Å². The van der Waals surface area contributed by atoms with Crippen LogP contribution in [0.3, 0.4) is 0 Å². The Bertz CT molecular complexity index is 794. The van der Waals surface area contributed by atoms with E-state index in [1.807, 2.05) is 55.1 Å². The van der Waals surface area contributed by atoms with Gasteiger partial charge in [0.25, 0.3) is 10.1 Å². The Hall–Kier alpha value is -2.05. The summed E-state index contributed by atoms with van der Waals surface area (Å²) in [5, 5.41) is 0. The largest absolute Gasteiger partial charge is 0.453 e. The molecule has 1 heterocycles. The van der Waals surface area contributed by atoms with Crippen molar-refractivity contribution in [2.24, 2.45) is 0 Å². The molecule has 0 saturated carbocycles. The highest BCUT2D eigenvalue weighted by molar-refractivity contribution is 7.85. The highest BCUT2D eigenvalue weighted by Gasteiger charge is 2.24. The van der Waals surface area contributed by atoms with Gasteiger partial charge in [-0.2, -0.15) is 8.42 Å². The summed E-state index contributed by atoms with van der Waals surface area (Å²) in [4.78, 5) is 2.04. The lowest BCUT2D eigenvalue weighted by atomic mass is 10.1. The van der Waals surface area contributed by atoms with Crippen molar-refractivity contribution in [3.8, 4) is 11.5 Å². The molecule has 0 unspecified atom stereocenters. The number of nitrogens with zero attached hydrogens (tertiary/aromatic N) is 1. The number of rotatable bonds is 4. The van der Waals surface area contributed by atoms with Gasteiger partial charge in [0.15, 0.2) is 11.5 Å². The summed E-state index contributed by atoms with van der Waals surface area (Å²) in [6.07, 6.45) is 0.333. The molecule has 0 bridgehead atoms. The van der Waals surface area contributed by atoms with E-state index in [2.05, 4.69) is 0 Å². The van der Waals surface area contributed by atoms with E-state index in [1.54, 1.807) is 0 Å². The summed E-state index contributed by atoms with van der Waals surface area (Å²) in [6.45, 7) is 4.48. The van der Waals surface area contributed by atoms with Gasteiger partial charge in [-0.05, 0) is 55.7 Å². The Morgan fingerprint density at radius 2 is 1.52 bits per heavy atom. The number of benzene rings is 2. The Kier molecular flexibility index (Phi) is 4.04. The summed E-state index contributed by atoms with van der Waals surface area (Å²) < 4.78 is 36.9. The van der Waals surface area contributed by atoms with Gasteiger partial charge < -0.3 is 9.64 Å². The van der Waals surface area contributed by atoms with Crippen LogP contribution in [0.15, 0.2) is 36.4 Å². The summed E-state index contributed by atoms with van der Waals surface area (Å²) >= 11 is 0. The van der Waals surface area contributed by atoms with Crippen LogP contribution in [0.5, 0.6) is 11.5 Å². The molecule has 0 radical (unpaired) electrons. The van der Waals surface area contributed by atoms with Crippen molar-refractivity contribution >= 4 is 21.5 Å². The molecule has 5 nitrogen and oxygen atoms in total. The molecular weight excluding hydrogens is 314 g/mol. The first-order valence-electron chi connectivity index (χ1n) is 7.45. The minimum atomic E-state index is -3.95. The van der Waals surface area contributed by atoms with Crippen LogP contribution in [0.4, 0.5) is 11.4 Å². The molecule has 2 aromatic rings. The van der Waals surface area contributed by atoms with Crippen molar-refractivity contribution in [1.82, 2.24) is 0 Å². The van der Waals surface area contributed by atoms with Gasteiger partial charge in [-0.25, -0.2) is 0 Å². The van der Waals surface area contributed by atoms with Gasteiger partial charge in [-0.3, -0.25) is 4.55 Å². The summed E-state index contributed by atoms with van der Waals surface area (Å²) in [5.74, 6) is 1.26.